The minimum absolute atomic E-state index is 0.0329. The average molecular weight is 332 g/mol. The molecule has 3 rings (SSSR count). The highest BCUT2D eigenvalue weighted by Gasteiger charge is 2.41. The molecule has 1 heterocycles. The summed E-state index contributed by atoms with van der Waals surface area (Å²) in [6, 6.07) is 5.80. The predicted molar refractivity (Wildman–Crippen MR) is 88.8 cm³/mol. The van der Waals surface area contributed by atoms with Crippen LogP contribution in [0.25, 0.3) is 0 Å². The number of amides is 2. The molecule has 0 bridgehead atoms. The second-order valence-electron chi connectivity index (χ2n) is 6.54. The molecule has 1 aromatic rings. The molecule has 0 atom stereocenters. The molecule has 1 aliphatic carbocycles. The largest absolute Gasteiger partial charge is 0.454 e. The highest BCUT2D eigenvalue weighted by molar-refractivity contribution is 5.88. The van der Waals surface area contributed by atoms with Gasteiger partial charge in [0.2, 0.25) is 18.6 Å². The lowest BCUT2D eigenvalue weighted by molar-refractivity contribution is -0.128. The number of nitrogens with one attached hydrogen (secondary N) is 1. The van der Waals surface area contributed by atoms with E-state index in [1.807, 2.05) is 18.2 Å². The van der Waals surface area contributed by atoms with Crippen LogP contribution < -0.4 is 20.5 Å². The smallest absolute Gasteiger partial charge is 0.231 e. The first-order valence-electron chi connectivity index (χ1n) is 8.58. The molecule has 0 radical (unpaired) electrons. The number of ether oxygens (including phenoxy) is 2. The molecular formula is C18H24N2O4. The van der Waals surface area contributed by atoms with Crippen molar-refractivity contribution in [3.05, 3.63) is 23.8 Å². The van der Waals surface area contributed by atoms with Crippen LogP contribution in [0.3, 0.4) is 0 Å². The molecule has 2 amide bonds. The van der Waals surface area contributed by atoms with Crippen LogP contribution in [0.15, 0.2) is 18.2 Å². The van der Waals surface area contributed by atoms with Crippen molar-refractivity contribution in [1.82, 2.24) is 5.32 Å². The third-order valence-electron chi connectivity index (χ3n) is 4.95. The number of carbonyl (C=O) groups excluding carboxylic acids is 2. The zero-order valence-electron chi connectivity index (χ0n) is 13.8. The van der Waals surface area contributed by atoms with Gasteiger partial charge in [-0.3, -0.25) is 9.59 Å². The SMILES string of the molecule is NC(=O)CCCNC(=O)C1(c2ccc3c(c2)OCO3)CCCCC1. The maximum atomic E-state index is 13.0. The van der Waals surface area contributed by atoms with E-state index >= 15 is 0 Å². The molecule has 6 heteroatoms. The lowest BCUT2D eigenvalue weighted by Gasteiger charge is -2.36. The summed E-state index contributed by atoms with van der Waals surface area (Å²) in [6.45, 7) is 0.694. The maximum Gasteiger partial charge on any atom is 0.231 e. The Bertz CT molecular complexity index is 623. The third kappa shape index (κ3) is 3.32. The lowest BCUT2D eigenvalue weighted by Crippen LogP contribution is -2.46. The molecule has 0 spiro atoms. The van der Waals surface area contributed by atoms with Crippen LogP contribution in [-0.4, -0.2) is 25.2 Å². The van der Waals surface area contributed by atoms with Crippen LogP contribution >= 0.6 is 0 Å². The standard InChI is InChI=1S/C18H24N2O4/c19-16(21)5-4-10-20-17(22)18(8-2-1-3-9-18)13-6-7-14-15(11-13)24-12-23-14/h6-7,11H,1-5,8-10,12H2,(H2,19,21)(H,20,22). The number of primary amides is 1. The van der Waals surface area contributed by atoms with Gasteiger partial charge in [-0.15, -0.1) is 0 Å². The Morgan fingerprint density at radius 1 is 1.12 bits per heavy atom. The molecule has 2 aliphatic rings. The second-order valence-corrected chi connectivity index (χ2v) is 6.54. The van der Waals surface area contributed by atoms with Crippen LogP contribution in [0.2, 0.25) is 0 Å². The number of benzene rings is 1. The first-order chi connectivity index (χ1) is 11.6. The summed E-state index contributed by atoms with van der Waals surface area (Å²) in [7, 11) is 0. The van der Waals surface area contributed by atoms with Gasteiger partial charge in [-0.1, -0.05) is 25.3 Å². The quantitative estimate of drug-likeness (QED) is 0.780. The lowest BCUT2D eigenvalue weighted by atomic mass is 9.68. The summed E-state index contributed by atoms with van der Waals surface area (Å²) in [4.78, 5) is 23.8. The number of carbonyl (C=O) groups is 2. The Hall–Kier alpha value is -2.24. The maximum absolute atomic E-state index is 13.0. The molecule has 24 heavy (non-hydrogen) atoms. The van der Waals surface area contributed by atoms with E-state index < -0.39 is 5.41 Å². The molecule has 1 fully saturated rings. The van der Waals surface area contributed by atoms with Gasteiger partial charge in [0.15, 0.2) is 11.5 Å². The van der Waals surface area contributed by atoms with Crippen molar-refractivity contribution in [3.8, 4) is 11.5 Å². The van der Waals surface area contributed by atoms with E-state index in [-0.39, 0.29) is 25.0 Å². The molecule has 130 valence electrons. The fourth-order valence-corrected chi connectivity index (χ4v) is 3.63. The minimum Gasteiger partial charge on any atom is -0.454 e. The molecule has 1 aromatic carbocycles. The topological polar surface area (TPSA) is 90.7 Å². The van der Waals surface area contributed by atoms with Gasteiger partial charge in [-0.05, 0) is 37.0 Å². The van der Waals surface area contributed by atoms with Crippen LogP contribution in [0.5, 0.6) is 11.5 Å². The number of nitrogens with two attached hydrogens (primary N) is 1. The van der Waals surface area contributed by atoms with Crippen molar-refractivity contribution in [2.75, 3.05) is 13.3 Å². The molecule has 0 unspecified atom stereocenters. The Balaban J connectivity index is 1.77. The van der Waals surface area contributed by atoms with Gasteiger partial charge >= 0.3 is 0 Å². The van der Waals surface area contributed by atoms with Gasteiger partial charge in [-0.25, -0.2) is 0 Å². The van der Waals surface area contributed by atoms with Gasteiger partial charge in [-0.2, -0.15) is 0 Å². The Morgan fingerprint density at radius 3 is 2.62 bits per heavy atom. The average Bonchev–Trinajstić information content (AvgIpc) is 3.06. The monoisotopic (exact) mass is 332 g/mol. The molecule has 1 aliphatic heterocycles. The van der Waals surface area contributed by atoms with Crippen LogP contribution in [0.4, 0.5) is 0 Å². The van der Waals surface area contributed by atoms with Crippen molar-refractivity contribution < 1.29 is 19.1 Å². The third-order valence-corrected chi connectivity index (χ3v) is 4.95. The number of hydrogen-bond donors (Lipinski definition) is 2. The summed E-state index contributed by atoms with van der Waals surface area (Å²) in [5.41, 5.74) is 5.61. The van der Waals surface area contributed by atoms with Crippen LogP contribution in [0.1, 0.15) is 50.5 Å². The summed E-state index contributed by atoms with van der Waals surface area (Å²) in [5, 5.41) is 3.00. The van der Waals surface area contributed by atoms with E-state index in [0.29, 0.717) is 18.7 Å². The molecular weight excluding hydrogens is 308 g/mol. The van der Waals surface area contributed by atoms with Crippen molar-refractivity contribution in [1.29, 1.82) is 0 Å². The van der Waals surface area contributed by atoms with E-state index in [2.05, 4.69) is 5.32 Å². The number of hydrogen-bond acceptors (Lipinski definition) is 4. The molecule has 6 nitrogen and oxygen atoms in total. The summed E-state index contributed by atoms with van der Waals surface area (Å²) in [5.74, 6) is 1.13. The molecule has 0 aromatic heterocycles. The number of rotatable bonds is 6. The first-order valence-corrected chi connectivity index (χ1v) is 8.58. The van der Waals surface area contributed by atoms with Crippen molar-refractivity contribution in [3.63, 3.8) is 0 Å². The minimum atomic E-state index is -0.522. The zero-order chi connectivity index (χ0) is 17.0. The molecule has 3 N–H and O–H groups in total. The van der Waals surface area contributed by atoms with E-state index in [9.17, 15) is 9.59 Å². The van der Waals surface area contributed by atoms with Crippen LogP contribution in [0, 0.1) is 0 Å². The normalized spacial score (nSPS) is 18.2. The highest BCUT2D eigenvalue weighted by atomic mass is 16.7. The van der Waals surface area contributed by atoms with Gasteiger partial charge in [0.05, 0.1) is 5.41 Å². The summed E-state index contributed by atoms with van der Waals surface area (Å²) < 4.78 is 10.8. The van der Waals surface area contributed by atoms with E-state index in [4.69, 9.17) is 15.2 Å². The fraction of sp³-hybridized carbons (Fsp3) is 0.556. The fourth-order valence-electron chi connectivity index (χ4n) is 3.63. The van der Waals surface area contributed by atoms with E-state index in [1.54, 1.807) is 0 Å². The van der Waals surface area contributed by atoms with Crippen molar-refractivity contribution in [2.45, 2.75) is 50.4 Å². The van der Waals surface area contributed by atoms with Gasteiger partial charge < -0.3 is 20.5 Å². The summed E-state index contributed by atoms with van der Waals surface area (Å²) >= 11 is 0. The Morgan fingerprint density at radius 2 is 1.88 bits per heavy atom. The Kier molecular flexibility index (Phi) is 4.92. The first kappa shape index (κ1) is 16.6. The second kappa shape index (κ2) is 7.11. The van der Waals surface area contributed by atoms with E-state index in [0.717, 1.165) is 43.4 Å². The van der Waals surface area contributed by atoms with Crippen molar-refractivity contribution in [2.24, 2.45) is 5.73 Å². The summed E-state index contributed by atoms with van der Waals surface area (Å²) in [6.07, 6.45) is 5.73. The van der Waals surface area contributed by atoms with Gasteiger partial charge in [0.1, 0.15) is 0 Å². The Labute approximate surface area is 141 Å². The molecule has 0 saturated heterocycles. The van der Waals surface area contributed by atoms with Gasteiger partial charge in [0, 0.05) is 13.0 Å². The van der Waals surface area contributed by atoms with Crippen molar-refractivity contribution >= 4 is 11.8 Å². The van der Waals surface area contributed by atoms with Gasteiger partial charge in [0.25, 0.3) is 0 Å². The molecule has 1 saturated carbocycles. The highest BCUT2D eigenvalue weighted by Crippen LogP contribution is 2.43. The predicted octanol–water partition coefficient (Wildman–Crippen LogP) is 2.00. The van der Waals surface area contributed by atoms with E-state index in [1.165, 1.54) is 0 Å². The zero-order valence-corrected chi connectivity index (χ0v) is 13.8. The number of fused-ring (bicyclic) bond motifs is 1. The van der Waals surface area contributed by atoms with Crippen LogP contribution in [-0.2, 0) is 15.0 Å².